The molecule has 25 heavy (non-hydrogen) atoms. The molecule has 2 aliphatic rings. The lowest BCUT2D eigenvalue weighted by atomic mass is 9.89. The molecule has 1 aliphatic carbocycles. The lowest BCUT2D eigenvalue weighted by Gasteiger charge is -2.17. The molecule has 1 aromatic heterocycles. The van der Waals surface area contributed by atoms with Crippen LogP contribution in [0.1, 0.15) is 43.9 Å². The first-order valence-electron chi connectivity index (χ1n) is 8.43. The number of hydrogen-bond donors (Lipinski definition) is 1. The molecule has 0 spiro atoms. The second kappa shape index (κ2) is 7.35. The van der Waals surface area contributed by atoms with Gasteiger partial charge in [-0.25, -0.2) is 0 Å². The van der Waals surface area contributed by atoms with Crippen molar-refractivity contribution >= 4 is 23.4 Å². The number of carbonyl (C=O) groups is 1. The summed E-state index contributed by atoms with van der Waals surface area (Å²) in [4.78, 5) is 12.1. The van der Waals surface area contributed by atoms with Gasteiger partial charge in [0.05, 0.1) is 5.75 Å². The molecule has 1 N–H and O–H groups in total. The van der Waals surface area contributed by atoms with Gasteiger partial charge in [0.25, 0.3) is 5.22 Å². The second-order valence-corrected chi connectivity index (χ2v) is 7.07. The van der Waals surface area contributed by atoms with Crippen LogP contribution >= 0.6 is 11.8 Å². The van der Waals surface area contributed by atoms with Gasteiger partial charge in [-0.3, -0.25) is 4.79 Å². The minimum Gasteiger partial charge on any atom is -0.454 e. The summed E-state index contributed by atoms with van der Waals surface area (Å²) in [6, 6.07) is 5.31. The number of amides is 1. The zero-order valence-corrected chi connectivity index (χ0v) is 14.5. The molecule has 1 aromatic carbocycles. The van der Waals surface area contributed by atoms with E-state index in [1.54, 1.807) is 18.2 Å². The first kappa shape index (κ1) is 16.3. The third-order valence-corrected chi connectivity index (χ3v) is 5.18. The fourth-order valence-corrected chi connectivity index (χ4v) is 3.66. The van der Waals surface area contributed by atoms with Gasteiger partial charge in [0.2, 0.25) is 18.6 Å². The number of ether oxygens (including phenoxy) is 2. The Morgan fingerprint density at radius 1 is 1.16 bits per heavy atom. The maximum Gasteiger partial charge on any atom is 0.277 e. The Kier molecular flexibility index (Phi) is 4.78. The number of aromatic nitrogens is 2. The molecule has 0 radical (unpaired) electrons. The average molecular weight is 361 g/mol. The van der Waals surface area contributed by atoms with Gasteiger partial charge in [-0.15, -0.1) is 10.2 Å². The SMILES string of the molecule is O=C(CSc1nnc(C2CCCCC2)o1)Nc1ccc2c(c1)OCO2. The summed E-state index contributed by atoms with van der Waals surface area (Å²) in [7, 11) is 0. The van der Waals surface area contributed by atoms with E-state index in [1.165, 1.54) is 31.0 Å². The Hall–Kier alpha value is -2.22. The zero-order chi connectivity index (χ0) is 17.1. The maximum atomic E-state index is 12.1. The normalized spacial score (nSPS) is 16.8. The molecule has 7 nitrogen and oxygen atoms in total. The fourth-order valence-electron chi connectivity index (χ4n) is 3.09. The predicted octanol–water partition coefficient (Wildman–Crippen LogP) is 3.58. The van der Waals surface area contributed by atoms with E-state index in [0.29, 0.717) is 34.2 Å². The van der Waals surface area contributed by atoms with Crippen molar-refractivity contribution in [3.8, 4) is 11.5 Å². The molecule has 1 saturated carbocycles. The lowest BCUT2D eigenvalue weighted by molar-refractivity contribution is -0.113. The highest BCUT2D eigenvalue weighted by atomic mass is 32.2. The molecule has 132 valence electrons. The number of benzene rings is 1. The largest absolute Gasteiger partial charge is 0.454 e. The van der Waals surface area contributed by atoms with E-state index in [1.807, 2.05) is 0 Å². The zero-order valence-electron chi connectivity index (χ0n) is 13.7. The van der Waals surface area contributed by atoms with Gasteiger partial charge in [-0.2, -0.15) is 0 Å². The van der Waals surface area contributed by atoms with Crippen LogP contribution in [0.4, 0.5) is 5.69 Å². The quantitative estimate of drug-likeness (QED) is 0.815. The van der Waals surface area contributed by atoms with Crippen LogP contribution in [-0.2, 0) is 4.79 Å². The van der Waals surface area contributed by atoms with E-state index in [2.05, 4.69) is 15.5 Å². The van der Waals surface area contributed by atoms with Crippen LogP contribution in [0.5, 0.6) is 11.5 Å². The number of anilines is 1. The van der Waals surface area contributed by atoms with Crippen molar-refractivity contribution in [2.45, 2.75) is 43.2 Å². The number of carbonyl (C=O) groups excluding carboxylic acids is 1. The number of fused-ring (bicyclic) bond motifs is 1. The summed E-state index contributed by atoms with van der Waals surface area (Å²) in [5, 5.41) is 11.5. The summed E-state index contributed by atoms with van der Waals surface area (Å²) in [6.45, 7) is 0.211. The van der Waals surface area contributed by atoms with Crippen LogP contribution in [0.15, 0.2) is 27.8 Å². The molecular weight excluding hydrogens is 342 g/mol. The van der Waals surface area contributed by atoms with Gasteiger partial charge in [0.15, 0.2) is 11.5 Å². The Labute approximate surface area is 149 Å². The smallest absolute Gasteiger partial charge is 0.277 e. The van der Waals surface area contributed by atoms with Crippen LogP contribution in [0.3, 0.4) is 0 Å². The molecule has 1 fully saturated rings. The van der Waals surface area contributed by atoms with E-state index in [4.69, 9.17) is 13.9 Å². The molecule has 0 atom stereocenters. The molecule has 1 amide bonds. The minimum absolute atomic E-state index is 0.138. The number of thioether (sulfide) groups is 1. The van der Waals surface area contributed by atoms with Gasteiger partial charge in [0.1, 0.15) is 0 Å². The highest BCUT2D eigenvalue weighted by Gasteiger charge is 2.21. The standard InChI is InChI=1S/C17H19N3O4S/c21-15(18-12-6-7-13-14(8-12)23-10-22-13)9-25-17-20-19-16(24-17)11-4-2-1-3-5-11/h6-8,11H,1-5,9-10H2,(H,18,21). The van der Waals surface area contributed by atoms with E-state index in [9.17, 15) is 4.79 Å². The van der Waals surface area contributed by atoms with Crippen molar-refractivity contribution < 1.29 is 18.7 Å². The average Bonchev–Trinajstić information content (AvgIpc) is 3.30. The van der Waals surface area contributed by atoms with Crippen molar-refractivity contribution in [2.24, 2.45) is 0 Å². The summed E-state index contributed by atoms with van der Waals surface area (Å²) in [5.41, 5.74) is 0.670. The van der Waals surface area contributed by atoms with E-state index < -0.39 is 0 Å². The number of nitrogens with zero attached hydrogens (tertiary/aromatic N) is 2. The predicted molar refractivity (Wildman–Crippen MR) is 92.0 cm³/mol. The third kappa shape index (κ3) is 3.89. The Morgan fingerprint density at radius 3 is 2.88 bits per heavy atom. The fraction of sp³-hybridized carbons (Fsp3) is 0.471. The van der Waals surface area contributed by atoms with Crippen LogP contribution in [0.2, 0.25) is 0 Å². The molecule has 0 unspecified atom stereocenters. The molecule has 1 aliphatic heterocycles. The Balaban J connectivity index is 1.29. The highest BCUT2D eigenvalue weighted by molar-refractivity contribution is 7.99. The molecular formula is C17H19N3O4S. The third-order valence-electron chi connectivity index (χ3n) is 4.36. The van der Waals surface area contributed by atoms with Crippen LogP contribution < -0.4 is 14.8 Å². The molecule has 0 saturated heterocycles. The lowest BCUT2D eigenvalue weighted by Crippen LogP contribution is -2.13. The van der Waals surface area contributed by atoms with Gasteiger partial charge in [-0.1, -0.05) is 31.0 Å². The van der Waals surface area contributed by atoms with Crippen LogP contribution in [0.25, 0.3) is 0 Å². The van der Waals surface area contributed by atoms with Gasteiger partial charge >= 0.3 is 0 Å². The summed E-state index contributed by atoms with van der Waals surface area (Å²) in [5.74, 6) is 2.48. The molecule has 2 aromatic rings. The van der Waals surface area contributed by atoms with Crippen LogP contribution in [-0.4, -0.2) is 28.7 Å². The topological polar surface area (TPSA) is 86.5 Å². The van der Waals surface area contributed by atoms with E-state index >= 15 is 0 Å². The van der Waals surface area contributed by atoms with E-state index in [0.717, 1.165) is 12.8 Å². The van der Waals surface area contributed by atoms with Gasteiger partial charge in [0, 0.05) is 17.7 Å². The van der Waals surface area contributed by atoms with Crippen molar-refractivity contribution in [3.05, 3.63) is 24.1 Å². The number of nitrogens with one attached hydrogen (secondary N) is 1. The highest BCUT2D eigenvalue weighted by Crippen LogP contribution is 2.35. The number of rotatable bonds is 5. The molecule has 8 heteroatoms. The molecule has 4 rings (SSSR count). The maximum absolute atomic E-state index is 12.1. The monoisotopic (exact) mass is 361 g/mol. The molecule has 0 bridgehead atoms. The van der Waals surface area contributed by atoms with Crippen molar-refractivity contribution in [2.75, 3.05) is 17.9 Å². The number of hydrogen-bond acceptors (Lipinski definition) is 7. The minimum atomic E-state index is -0.138. The van der Waals surface area contributed by atoms with E-state index in [-0.39, 0.29) is 18.5 Å². The van der Waals surface area contributed by atoms with Gasteiger partial charge < -0.3 is 19.2 Å². The second-order valence-electron chi connectivity index (χ2n) is 6.15. The Bertz CT molecular complexity index is 758. The first-order chi connectivity index (χ1) is 12.3. The molecule has 2 heterocycles. The summed E-state index contributed by atoms with van der Waals surface area (Å²) < 4.78 is 16.3. The summed E-state index contributed by atoms with van der Waals surface area (Å²) >= 11 is 1.25. The van der Waals surface area contributed by atoms with Crippen molar-refractivity contribution in [1.82, 2.24) is 10.2 Å². The Morgan fingerprint density at radius 2 is 2.00 bits per heavy atom. The van der Waals surface area contributed by atoms with Crippen molar-refractivity contribution in [3.63, 3.8) is 0 Å². The van der Waals surface area contributed by atoms with Crippen molar-refractivity contribution in [1.29, 1.82) is 0 Å². The van der Waals surface area contributed by atoms with Crippen LogP contribution in [0, 0.1) is 0 Å². The first-order valence-corrected chi connectivity index (χ1v) is 9.42. The van der Waals surface area contributed by atoms with Gasteiger partial charge in [-0.05, 0) is 25.0 Å². The summed E-state index contributed by atoms with van der Waals surface area (Å²) in [6.07, 6.45) is 5.93.